The van der Waals surface area contributed by atoms with E-state index in [1.54, 1.807) is 36.4 Å². The lowest BCUT2D eigenvalue weighted by atomic mass is 9.87. The number of carbonyl (C=O) groups is 1. The van der Waals surface area contributed by atoms with E-state index < -0.39 is 11.6 Å². The third-order valence-electron chi connectivity index (χ3n) is 7.04. The monoisotopic (exact) mass is 424 g/mol. The van der Waals surface area contributed by atoms with Gasteiger partial charge in [0, 0.05) is 16.7 Å². The van der Waals surface area contributed by atoms with Gasteiger partial charge in [0.05, 0.1) is 6.61 Å². The molecule has 2 aliphatic carbocycles. The van der Waals surface area contributed by atoms with Crippen molar-refractivity contribution >= 4 is 5.97 Å². The van der Waals surface area contributed by atoms with Crippen LogP contribution in [0, 0.1) is 29.4 Å². The third kappa shape index (κ3) is 3.80. The Morgan fingerprint density at radius 3 is 2.58 bits per heavy atom. The molecule has 2 aromatic rings. The number of esters is 1. The number of hydrogen-bond acceptors (Lipinski definition) is 3. The van der Waals surface area contributed by atoms with Gasteiger partial charge in [-0.15, -0.1) is 0 Å². The van der Waals surface area contributed by atoms with Crippen LogP contribution < -0.4 is 4.74 Å². The van der Waals surface area contributed by atoms with Gasteiger partial charge in [-0.3, -0.25) is 0 Å². The molecule has 2 fully saturated rings. The lowest BCUT2D eigenvalue weighted by Gasteiger charge is -2.19. The molecule has 0 aromatic heterocycles. The second-order valence-electron chi connectivity index (χ2n) is 8.86. The standard InChI is InChI=1S/C26H26F2O3/c1-2-3-15-6-9-20-18(15)10-12-21(20)26(29)31-17-7-4-16(5-8-17)19-11-13-22(23-14-30-23)25(28)24(19)27/h4-5,7-8,11-13,15,18,20,23H,2-3,6,9-10,14H2,1H3. The van der Waals surface area contributed by atoms with Gasteiger partial charge in [0.15, 0.2) is 11.6 Å². The summed E-state index contributed by atoms with van der Waals surface area (Å²) in [5.41, 5.74) is 1.76. The van der Waals surface area contributed by atoms with Crippen molar-refractivity contribution in [2.24, 2.45) is 17.8 Å². The average molecular weight is 424 g/mol. The summed E-state index contributed by atoms with van der Waals surface area (Å²) in [5, 5.41) is 0. The van der Waals surface area contributed by atoms with Crippen LogP contribution in [0.3, 0.4) is 0 Å². The summed E-state index contributed by atoms with van der Waals surface area (Å²) < 4.78 is 39.5. The van der Waals surface area contributed by atoms with E-state index in [-0.39, 0.29) is 23.2 Å². The molecule has 4 atom stereocenters. The molecule has 3 aliphatic rings. The number of hydrogen-bond donors (Lipinski definition) is 0. The third-order valence-corrected chi connectivity index (χ3v) is 7.04. The second kappa shape index (κ2) is 8.19. The zero-order chi connectivity index (χ0) is 21.5. The Morgan fingerprint density at radius 2 is 1.87 bits per heavy atom. The van der Waals surface area contributed by atoms with E-state index in [0.717, 1.165) is 18.4 Å². The van der Waals surface area contributed by atoms with Crippen molar-refractivity contribution in [3.63, 3.8) is 0 Å². The van der Waals surface area contributed by atoms with E-state index in [9.17, 15) is 13.6 Å². The maximum atomic E-state index is 14.5. The van der Waals surface area contributed by atoms with E-state index in [1.807, 2.05) is 0 Å². The van der Waals surface area contributed by atoms with Crippen molar-refractivity contribution < 1.29 is 23.0 Å². The Labute approximate surface area is 181 Å². The van der Waals surface area contributed by atoms with Crippen LogP contribution in [0.5, 0.6) is 5.75 Å². The Kier molecular flexibility index (Phi) is 5.39. The highest BCUT2D eigenvalue weighted by Gasteiger charge is 2.42. The number of ether oxygens (including phenoxy) is 2. The molecule has 1 heterocycles. The van der Waals surface area contributed by atoms with Crippen molar-refractivity contribution in [2.75, 3.05) is 6.61 Å². The summed E-state index contributed by atoms with van der Waals surface area (Å²) in [6.45, 7) is 2.64. The fraction of sp³-hybridized carbons (Fsp3) is 0.423. The Morgan fingerprint density at radius 1 is 1.10 bits per heavy atom. The van der Waals surface area contributed by atoms with E-state index >= 15 is 0 Å². The molecule has 5 rings (SSSR count). The Balaban J connectivity index is 1.27. The molecule has 162 valence electrons. The summed E-state index contributed by atoms with van der Waals surface area (Å²) in [5.74, 6) is -0.0301. The van der Waals surface area contributed by atoms with Crippen LogP contribution in [-0.4, -0.2) is 12.6 Å². The number of benzene rings is 2. The van der Waals surface area contributed by atoms with Crippen molar-refractivity contribution in [3.8, 4) is 16.9 Å². The first kappa shape index (κ1) is 20.4. The largest absolute Gasteiger partial charge is 0.423 e. The fourth-order valence-electron chi connectivity index (χ4n) is 5.40. The zero-order valence-corrected chi connectivity index (χ0v) is 17.6. The number of carbonyl (C=O) groups excluding carboxylic acids is 1. The molecule has 5 heteroatoms. The summed E-state index contributed by atoms with van der Waals surface area (Å²) in [7, 11) is 0. The predicted octanol–water partition coefficient (Wildman–Crippen LogP) is 6.38. The zero-order valence-electron chi connectivity index (χ0n) is 17.6. The average Bonchev–Trinajstić information content (AvgIpc) is 3.40. The summed E-state index contributed by atoms with van der Waals surface area (Å²) >= 11 is 0. The molecule has 1 saturated heterocycles. The predicted molar refractivity (Wildman–Crippen MR) is 113 cm³/mol. The number of fused-ring (bicyclic) bond motifs is 1. The van der Waals surface area contributed by atoms with Crippen LogP contribution >= 0.6 is 0 Å². The maximum Gasteiger partial charge on any atom is 0.339 e. The molecule has 0 bridgehead atoms. The molecule has 1 aliphatic heterocycles. The van der Waals surface area contributed by atoms with Crippen molar-refractivity contribution in [1.82, 2.24) is 0 Å². The van der Waals surface area contributed by atoms with Gasteiger partial charge in [-0.05, 0) is 54.7 Å². The molecule has 0 N–H and O–H groups in total. The molecule has 2 aromatic carbocycles. The van der Waals surface area contributed by atoms with Gasteiger partial charge in [0.2, 0.25) is 0 Å². The van der Waals surface area contributed by atoms with E-state index in [2.05, 4.69) is 13.0 Å². The molecule has 3 nitrogen and oxygen atoms in total. The van der Waals surface area contributed by atoms with Crippen molar-refractivity contribution in [2.45, 2.75) is 45.1 Å². The molecule has 0 amide bonds. The quantitative estimate of drug-likeness (QED) is 0.307. The summed E-state index contributed by atoms with van der Waals surface area (Å²) in [6, 6.07) is 9.68. The summed E-state index contributed by atoms with van der Waals surface area (Å²) in [4.78, 5) is 12.8. The highest BCUT2D eigenvalue weighted by Crippen LogP contribution is 2.49. The van der Waals surface area contributed by atoms with Crippen molar-refractivity contribution in [3.05, 3.63) is 65.2 Å². The first-order chi connectivity index (χ1) is 15.1. The molecule has 1 saturated carbocycles. The normalized spacial score (nSPS) is 26.5. The van der Waals surface area contributed by atoms with Gasteiger partial charge < -0.3 is 9.47 Å². The Hall–Kier alpha value is -2.53. The fourth-order valence-corrected chi connectivity index (χ4v) is 5.40. The lowest BCUT2D eigenvalue weighted by molar-refractivity contribution is -0.130. The second-order valence-corrected chi connectivity index (χ2v) is 8.86. The van der Waals surface area contributed by atoms with Gasteiger partial charge in [0.1, 0.15) is 11.9 Å². The molecule has 4 unspecified atom stereocenters. The van der Waals surface area contributed by atoms with Gasteiger partial charge >= 0.3 is 5.97 Å². The van der Waals surface area contributed by atoms with Crippen LogP contribution in [-0.2, 0) is 9.53 Å². The van der Waals surface area contributed by atoms with Crippen LogP contribution in [0.4, 0.5) is 8.78 Å². The van der Waals surface area contributed by atoms with Crippen LogP contribution in [0.25, 0.3) is 11.1 Å². The number of allylic oxidation sites excluding steroid dienone is 1. The lowest BCUT2D eigenvalue weighted by Crippen LogP contribution is -2.18. The maximum absolute atomic E-state index is 14.5. The topological polar surface area (TPSA) is 38.8 Å². The molecular formula is C26H26F2O3. The van der Waals surface area contributed by atoms with Gasteiger partial charge in [-0.25, -0.2) is 13.6 Å². The van der Waals surface area contributed by atoms with E-state index in [4.69, 9.17) is 9.47 Å². The first-order valence-electron chi connectivity index (χ1n) is 11.2. The van der Waals surface area contributed by atoms with Crippen LogP contribution in [0.2, 0.25) is 0 Å². The minimum atomic E-state index is -0.886. The number of halogens is 2. The van der Waals surface area contributed by atoms with E-state index in [1.165, 1.54) is 19.3 Å². The van der Waals surface area contributed by atoms with Gasteiger partial charge in [-0.2, -0.15) is 0 Å². The highest BCUT2D eigenvalue weighted by molar-refractivity contribution is 5.91. The molecule has 0 spiro atoms. The SMILES string of the molecule is CCCC1CCC2C(C(=O)Oc3ccc(-c4ccc(C5CO5)c(F)c4F)cc3)=CCC12. The van der Waals surface area contributed by atoms with Crippen molar-refractivity contribution in [1.29, 1.82) is 0 Å². The van der Waals surface area contributed by atoms with Crippen LogP contribution in [0.15, 0.2) is 48.0 Å². The summed E-state index contributed by atoms with van der Waals surface area (Å²) in [6.07, 6.45) is 7.33. The highest BCUT2D eigenvalue weighted by atomic mass is 19.2. The van der Waals surface area contributed by atoms with E-state index in [0.29, 0.717) is 35.7 Å². The number of epoxide rings is 1. The molecular weight excluding hydrogens is 398 g/mol. The Bertz CT molecular complexity index is 1020. The molecule has 0 radical (unpaired) electrons. The minimum Gasteiger partial charge on any atom is -0.423 e. The van der Waals surface area contributed by atoms with Gasteiger partial charge in [0.25, 0.3) is 0 Å². The smallest absolute Gasteiger partial charge is 0.339 e. The number of rotatable bonds is 6. The van der Waals surface area contributed by atoms with Gasteiger partial charge in [-0.1, -0.05) is 50.1 Å². The minimum absolute atomic E-state index is 0.175. The molecule has 31 heavy (non-hydrogen) atoms. The first-order valence-corrected chi connectivity index (χ1v) is 11.2. The van der Waals surface area contributed by atoms with Crippen LogP contribution in [0.1, 0.15) is 50.7 Å².